The highest BCUT2D eigenvalue weighted by molar-refractivity contribution is 5.70. The molecule has 0 aliphatic rings. The molecule has 17 heavy (non-hydrogen) atoms. The summed E-state index contributed by atoms with van der Waals surface area (Å²) in [5.74, 6) is 0.190. The number of hydrogen-bond acceptors (Lipinski definition) is 3. The summed E-state index contributed by atoms with van der Waals surface area (Å²) in [4.78, 5) is 11.6. The maximum atomic E-state index is 11.6. The minimum absolute atomic E-state index is 0.0318. The van der Waals surface area contributed by atoms with Gasteiger partial charge < -0.3 is 10.5 Å². The van der Waals surface area contributed by atoms with Crippen LogP contribution in [0.4, 0.5) is 5.69 Å². The summed E-state index contributed by atoms with van der Waals surface area (Å²) < 4.78 is 5.29. The van der Waals surface area contributed by atoms with Crippen LogP contribution in [0.5, 0.6) is 0 Å². The van der Waals surface area contributed by atoms with E-state index in [1.165, 1.54) is 0 Å². The first-order valence-electron chi connectivity index (χ1n) is 6.03. The molecule has 0 aromatic heterocycles. The van der Waals surface area contributed by atoms with Crippen molar-refractivity contribution in [3.05, 3.63) is 29.8 Å². The lowest BCUT2D eigenvalue weighted by Crippen LogP contribution is -2.20. The van der Waals surface area contributed by atoms with Gasteiger partial charge in [-0.25, -0.2) is 0 Å². The molecule has 3 nitrogen and oxygen atoms in total. The lowest BCUT2D eigenvalue weighted by molar-refractivity contribution is -0.150. The van der Waals surface area contributed by atoms with E-state index in [0.717, 1.165) is 11.3 Å². The number of ether oxygens (including phenoxy) is 1. The SMILES string of the molecule is CC(C)C(C)OC(=O)CCc1ccccc1N. The first-order chi connectivity index (χ1) is 8.00. The number of hydrogen-bond donors (Lipinski definition) is 1. The van der Waals surface area contributed by atoms with Crippen LogP contribution >= 0.6 is 0 Å². The zero-order valence-corrected chi connectivity index (χ0v) is 10.8. The number of anilines is 1. The van der Waals surface area contributed by atoms with Gasteiger partial charge in [0, 0.05) is 12.1 Å². The van der Waals surface area contributed by atoms with E-state index in [4.69, 9.17) is 10.5 Å². The Bertz CT molecular complexity index is 374. The van der Waals surface area contributed by atoms with Crippen LogP contribution in [0, 0.1) is 5.92 Å². The zero-order valence-electron chi connectivity index (χ0n) is 10.8. The highest BCUT2D eigenvalue weighted by Crippen LogP contribution is 2.14. The Kier molecular flexibility index (Phi) is 5.01. The van der Waals surface area contributed by atoms with Gasteiger partial charge in [0.05, 0.1) is 0 Å². The Hall–Kier alpha value is -1.51. The van der Waals surface area contributed by atoms with Crippen LogP contribution in [0.25, 0.3) is 0 Å². The van der Waals surface area contributed by atoms with Gasteiger partial charge in [-0.1, -0.05) is 32.0 Å². The Balaban J connectivity index is 2.41. The van der Waals surface area contributed by atoms with Gasteiger partial charge in [0.2, 0.25) is 0 Å². The molecule has 1 rings (SSSR count). The monoisotopic (exact) mass is 235 g/mol. The third-order valence-electron chi connectivity index (χ3n) is 2.91. The summed E-state index contributed by atoms with van der Waals surface area (Å²) >= 11 is 0. The topological polar surface area (TPSA) is 52.3 Å². The summed E-state index contributed by atoms with van der Waals surface area (Å²) in [5, 5.41) is 0. The lowest BCUT2D eigenvalue weighted by atomic mass is 10.1. The fraction of sp³-hybridized carbons (Fsp3) is 0.500. The van der Waals surface area contributed by atoms with Gasteiger partial charge in [0.1, 0.15) is 6.10 Å². The van der Waals surface area contributed by atoms with Crippen molar-refractivity contribution in [3.8, 4) is 0 Å². The van der Waals surface area contributed by atoms with E-state index in [2.05, 4.69) is 0 Å². The van der Waals surface area contributed by atoms with Gasteiger partial charge >= 0.3 is 5.97 Å². The van der Waals surface area contributed by atoms with Crippen molar-refractivity contribution in [2.75, 3.05) is 5.73 Å². The van der Waals surface area contributed by atoms with Crippen LogP contribution in [0.1, 0.15) is 32.8 Å². The molecule has 0 spiro atoms. The molecule has 94 valence electrons. The normalized spacial score (nSPS) is 12.5. The molecule has 0 aliphatic carbocycles. The Morgan fingerprint density at radius 3 is 2.53 bits per heavy atom. The van der Waals surface area contributed by atoms with E-state index in [-0.39, 0.29) is 12.1 Å². The molecule has 0 bridgehead atoms. The van der Waals surface area contributed by atoms with Crippen LogP contribution in [-0.2, 0) is 16.0 Å². The van der Waals surface area contributed by atoms with Crippen molar-refractivity contribution in [2.24, 2.45) is 5.92 Å². The van der Waals surface area contributed by atoms with Crippen molar-refractivity contribution in [1.29, 1.82) is 0 Å². The van der Waals surface area contributed by atoms with Crippen LogP contribution in [-0.4, -0.2) is 12.1 Å². The van der Waals surface area contributed by atoms with E-state index in [1.54, 1.807) is 0 Å². The molecule has 2 N–H and O–H groups in total. The molecule has 0 aliphatic heterocycles. The molecular weight excluding hydrogens is 214 g/mol. The largest absolute Gasteiger partial charge is 0.462 e. The highest BCUT2D eigenvalue weighted by Gasteiger charge is 2.13. The number of aryl methyl sites for hydroxylation is 1. The highest BCUT2D eigenvalue weighted by atomic mass is 16.5. The maximum absolute atomic E-state index is 11.6. The molecule has 0 fully saturated rings. The molecule has 1 atom stereocenters. The Morgan fingerprint density at radius 2 is 1.94 bits per heavy atom. The van der Waals surface area contributed by atoms with E-state index < -0.39 is 0 Å². The molecule has 0 saturated heterocycles. The lowest BCUT2D eigenvalue weighted by Gasteiger charge is -2.16. The number of para-hydroxylation sites is 1. The number of benzene rings is 1. The summed E-state index contributed by atoms with van der Waals surface area (Å²) in [6, 6.07) is 7.59. The van der Waals surface area contributed by atoms with Gasteiger partial charge in [-0.2, -0.15) is 0 Å². The van der Waals surface area contributed by atoms with Crippen molar-refractivity contribution in [3.63, 3.8) is 0 Å². The molecule has 1 unspecified atom stereocenters. The fourth-order valence-corrected chi connectivity index (χ4v) is 1.40. The summed E-state index contributed by atoms with van der Waals surface area (Å²) in [7, 11) is 0. The summed E-state index contributed by atoms with van der Waals surface area (Å²) in [5.41, 5.74) is 7.54. The fourth-order valence-electron chi connectivity index (χ4n) is 1.40. The van der Waals surface area contributed by atoms with E-state index >= 15 is 0 Å². The standard InChI is InChI=1S/C14H21NO2/c1-10(2)11(3)17-14(16)9-8-12-6-4-5-7-13(12)15/h4-7,10-11H,8-9,15H2,1-3H3. The molecule has 0 heterocycles. The third-order valence-corrected chi connectivity index (χ3v) is 2.91. The first-order valence-corrected chi connectivity index (χ1v) is 6.03. The Morgan fingerprint density at radius 1 is 1.29 bits per heavy atom. The Labute approximate surface area is 103 Å². The summed E-state index contributed by atoms with van der Waals surface area (Å²) in [6.07, 6.45) is 0.984. The van der Waals surface area contributed by atoms with Crippen molar-refractivity contribution in [2.45, 2.75) is 39.7 Å². The third kappa shape index (κ3) is 4.47. The number of nitrogen functional groups attached to an aromatic ring is 1. The minimum atomic E-state index is -0.158. The number of carbonyl (C=O) groups excluding carboxylic acids is 1. The van der Waals surface area contributed by atoms with Gasteiger partial charge in [-0.05, 0) is 30.9 Å². The van der Waals surface area contributed by atoms with Crippen molar-refractivity contribution >= 4 is 11.7 Å². The molecule has 0 amide bonds. The average Bonchev–Trinajstić information content (AvgIpc) is 2.27. The van der Waals surface area contributed by atoms with Gasteiger partial charge in [0.25, 0.3) is 0 Å². The maximum Gasteiger partial charge on any atom is 0.306 e. The quantitative estimate of drug-likeness (QED) is 0.630. The van der Waals surface area contributed by atoms with Crippen LogP contribution < -0.4 is 5.73 Å². The van der Waals surface area contributed by atoms with Crippen molar-refractivity contribution in [1.82, 2.24) is 0 Å². The minimum Gasteiger partial charge on any atom is -0.462 e. The second kappa shape index (κ2) is 6.28. The number of rotatable bonds is 5. The van der Waals surface area contributed by atoms with E-state index in [1.807, 2.05) is 45.0 Å². The van der Waals surface area contributed by atoms with E-state index in [9.17, 15) is 4.79 Å². The second-order valence-electron chi connectivity index (χ2n) is 4.64. The van der Waals surface area contributed by atoms with Gasteiger partial charge in [-0.15, -0.1) is 0 Å². The molecule has 3 heteroatoms. The van der Waals surface area contributed by atoms with Crippen LogP contribution in [0.2, 0.25) is 0 Å². The zero-order chi connectivity index (χ0) is 12.8. The number of esters is 1. The predicted octanol–water partition coefficient (Wildman–Crippen LogP) is 2.79. The molecule has 0 radical (unpaired) electrons. The van der Waals surface area contributed by atoms with Gasteiger partial charge in [-0.3, -0.25) is 4.79 Å². The second-order valence-corrected chi connectivity index (χ2v) is 4.64. The average molecular weight is 235 g/mol. The van der Waals surface area contributed by atoms with Gasteiger partial charge in [0.15, 0.2) is 0 Å². The number of nitrogens with two attached hydrogens (primary N) is 1. The van der Waals surface area contributed by atoms with Crippen LogP contribution in [0.15, 0.2) is 24.3 Å². The van der Waals surface area contributed by atoms with E-state index in [0.29, 0.717) is 18.8 Å². The molecule has 1 aromatic rings. The molecular formula is C14H21NO2. The van der Waals surface area contributed by atoms with Crippen molar-refractivity contribution < 1.29 is 9.53 Å². The summed E-state index contributed by atoms with van der Waals surface area (Å²) in [6.45, 7) is 5.99. The van der Waals surface area contributed by atoms with Crippen LogP contribution in [0.3, 0.4) is 0 Å². The first kappa shape index (κ1) is 13.6. The molecule has 0 saturated carbocycles. The molecule has 1 aromatic carbocycles. The smallest absolute Gasteiger partial charge is 0.306 e. The predicted molar refractivity (Wildman–Crippen MR) is 69.6 cm³/mol. The number of carbonyl (C=O) groups is 1.